The number of aryl methyl sites for hydroxylation is 2. The smallest absolute Gasteiger partial charge is 0.337 e. The monoisotopic (exact) mass is 474 g/mol. The first-order valence-electron chi connectivity index (χ1n) is 11.3. The van der Waals surface area contributed by atoms with Crippen LogP contribution in [0.4, 0.5) is 5.69 Å². The molecule has 0 radical (unpaired) electrons. The number of fused-ring (bicyclic) bond motifs is 2. The lowest BCUT2D eigenvalue weighted by molar-refractivity contribution is 0.0600. The molecule has 0 bridgehead atoms. The second-order valence-corrected chi connectivity index (χ2v) is 10.3. The lowest BCUT2D eigenvalue weighted by Gasteiger charge is -2.19. The molecule has 1 amide bonds. The first-order valence-corrected chi connectivity index (χ1v) is 12.1. The quantitative estimate of drug-likeness (QED) is 0.373. The van der Waals surface area contributed by atoms with Crippen molar-refractivity contribution in [3.63, 3.8) is 0 Å². The molecule has 3 aromatic heterocycles. The zero-order chi connectivity index (χ0) is 24.1. The summed E-state index contributed by atoms with van der Waals surface area (Å²) in [5.74, 6) is -0.471. The Labute approximate surface area is 202 Å². The van der Waals surface area contributed by atoms with Crippen molar-refractivity contribution in [1.82, 2.24) is 14.8 Å². The minimum absolute atomic E-state index is 0.0915. The van der Waals surface area contributed by atoms with Gasteiger partial charge in [0, 0.05) is 33.6 Å². The number of carbonyl (C=O) groups is 2. The molecule has 1 aliphatic rings. The van der Waals surface area contributed by atoms with Crippen molar-refractivity contribution in [3.8, 4) is 11.3 Å². The molecule has 34 heavy (non-hydrogen) atoms. The fourth-order valence-corrected chi connectivity index (χ4v) is 5.53. The Morgan fingerprint density at radius 1 is 1.15 bits per heavy atom. The van der Waals surface area contributed by atoms with E-state index in [2.05, 4.69) is 38.9 Å². The van der Waals surface area contributed by atoms with Crippen LogP contribution in [0.1, 0.15) is 55.9 Å². The molecule has 1 aromatic carbocycles. The Hall–Kier alpha value is -3.52. The van der Waals surface area contributed by atoms with E-state index in [0.717, 1.165) is 27.9 Å². The van der Waals surface area contributed by atoms with Crippen molar-refractivity contribution in [2.75, 3.05) is 18.6 Å². The van der Waals surface area contributed by atoms with Crippen molar-refractivity contribution in [1.29, 1.82) is 0 Å². The summed E-state index contributed by atoms with van der Waals surface area (Å²) in [7, 11) is 1.37. The largest absolute Gasteiger partial charge is 0.465 e. The normalized spacial score (nSPS) is 13.1. The number of rotatable bonds is 4. The average molecular weight is 475 g/mol. The summed E-state index contributed by atoms with van der Waals surface area (Å²) in [5.41, 5.74) is 5.39. The van der Waals surface area contributed by atoms with Gasteiger partial charge in [-0.05, 0) is 70.0 Å². The third kappa shape index (κ3) is 3.58. The summed E-state index contributed by atoms with van der Waals surface area (Å²) in [4.78, 5) is 35.0. The summed E-state index contributed by atoms with van der Waals surface area (Å²) in [6.45, 7) is 8.81. The minimum Gasteiger partial charge on any atom is -0.465 e. The van der Waals surface area contributed by atoms with Gasteiger partial charge in [-0.15, -0.1) is 11.3 Å². The zero-order valence-electron chi connectivity index (χ0n) is 19.9. The summed E-state index contributed by atoms with van der Waals surface area (Å²) in [5, 5.41) is 5.29. The van der Waals surface area contributed by atoms with E-state index in [9.17, 15) is 9.59 Å². The average Bonchev–Trinajstić information content (AvgIpc) is 3.52. The number of anilines is 1. The second kappa shape index (κ2) is 8.36. The topological polar surface area (TPSA) is 77.3 Å². The molecule has 1 aliphatic heterocycles. The Balaban J connectivity index is 1.64. The molecule has 4 heterocycles. The Morgan fingerprint density at radius 3 is 2.62 bits per heavy atom. The van der Waals surface area contributed by atoms with Crippen LogP contribution in [0.5, 0.6) is 0 Å². The molecule has 174 valence electrons. The fraction of sp³-hybridized carbons (Fsp3) is 0.308. The van der Waals surface area contributed by atoms with Crippen LogP contribution in [0.2, 0.25) is 0 Å². The first-order chi connectivity index (χ1) is 16.3. The predicted octanol–water partition coefficient (Wildman–Crippen LogP) is 5.35. The third-order valence-electron chi connectivity index (χ3n) is 6.24. The van der Waals surface area contributed by atoms with Crippen LogP contribution < -0.4 is 4.90 Å². The van der Waals surface area contributed by atoms with Gasteiger partial charge in [-0.3, -0.25) is 4.79 Å². The number of hydrogen-bond acceptors (Lipinski definition) is 6. The highest BCUT2D eigenvalue weighted by Crippen LogP contribution is 2.35. The number of hydrogen-bond donors (Lipinski definition) is 0. The number of pyridine rings is 1. The van der Waals surface area contributed by atoms with Gasteiger partial charge < -0.3 is 9.64 Å². The molecule has 0 N–H and O–H groups in total. The molecule has 0 saturated carbocycles. The molecule has 7 nitrogen and oxygen atoms in total. The zero-order valence-corrected chi connectivity index (χ0v) is 20.7. The number of carbonyl (C=O) groups excluding carboxylic acids is 2. The van der Waals surface area contributed by atoms with Gasteiger partial charge in [0.05, 0.1) is 35.5 Å². The van der Waals surface area contributed by atoms with E-state index in [1.165, 1.54) is 16.9 Å². The van der Waals surface area contributed by atoms with E-state index < -0.39 is 0 Å². The number of esters is 1. The summed E-state index contributed by atoms with van der Waals surface area (Å²) >= 11 is 1.72. The first kappa shape index (κ1) is 22.3. The summed E-state index contributed by atoms with van der Waals surface area (Å²) in [6.07, 6.45) is 2.42. The SMILES string of the molecule is COC(=O)c1ccc2c(c1)CCN2C(=O)c1cc(-c2cc(C)sc2C)nc2c1cnn2C(C)C. The van der Waals surface area contributed by atoms with Crippen LogP contribution >= 0.6 is 11.3 Å². The third-order valence-corrected chi connectivity index (χ3v) is 7.21. The Bertz CT molecular complexity index is 1450. The maximum absolute atomic E-state index is 13.9. The van der Waals surface area contributed by atoms with Crippen molar-refractivity contribution in [3.05, 3.63) is 63.0 Å². The van der Waals surface area contributed by atoms with E-state index in [4.69, 9.17) is 9.72 Å². The molecule has 0 saturated heterocycles. The Morgan fingerprint density at radius 2 is 1.94 bits per heavy atom. The molecule has 0 aliphatic carbocycles. The molecule has 0 spiro atoms. The molecular weight excluding hydrogens is 448 g/mol. The van der Waals surface area contributed by atoms with Crippen LogP contribution in [0.15, 0.2) is 36.5 Å². The standard InChI is InChI=1S/C26H26N4O3S/c1-14(2)30-24-21(13-27-30)20(12-22(28-24)19-10-15(3)34-16(19)4)25(31)29-9-8-17-11-18(26(32)33-5)6-7-23(17)29/h6-7,10-14H,8-9H2,1-5H3. The molecule has 0 fully saturated rings. The van der Waals surface area contributed by atoms with Gasteiger partial charge in [0.2, 0.25) is 0 Å². The van der Waals surface area contributed by atoms with Crippen LogP contribution in [-0.2, 0) is 11.2 Å². The van der Waals surface area contributed by atoms with E-state index >= 15 is 0 Å². The van der Waals surface area contributed by atoms with Crippen LogP contribution in [0.3, 0.4) is 0 Å². The van der Waals surface area contributed by atoms with E-state index in [0.29, 0.717) is 29.7 Å². The number of benzene rings is 1. The fourth-order valence-electron chi connectivity index (χ4n) is 4.60. The molecule has 0 atom stereocenters. The van der Waals surface area contributed by atoms with Crippen LogP contribution in [-0.4, -0.2) is 40.3 Å². The lowest BCUT2D eigenvalue weighted by Crippen LogP contribution is -2.29. The summed E-state index contributed by atoms with van der Waals surface area (Å²) < 4.78 is 6.71. The van der Waals surface area contributed by atoms with Crippen molar-refractivity contribution >= 4 is 39.9 Å². The predicted molar refractivity (Wildman–Crippen MR) is 134 cm³/mol. The van der Waals surface area contributed by atoms with Gasteiger partial charge in [-0.25, -0.2) is 14.5 Å². The number of aromatic nitrogens is 3. The van der Waals surface area contributed by atoms with Gasteiger partial charge >= 0.3 is 5.97 Å². The molecule has 5 rings (SSSR count). The van der Waals surface area contributed by atoms with Crippen molar-refractivity contribution in [2.45, 2.75) is 40.2 Å². The number of ether oxygens (including phenoxy) is 1. The Kier molecular flexibility index (Phi) is 5.48. The second-order valence-electron chi connectivity index (χ2n) is 8.84. The molecule has 0 unspecified atom stereocenters. The lowest BCUT2D eigenvalue weighted by atomic mass is 10.1. The summed E-state index contributed by atoms with van der Waals surface area (Å²) in [6, 6.07) is 9.48. The number of amides is 1. The van der Waals surface area contributed by atoms with Crippen molar-refractivity contribution in [2.24, 2.45) is 0 Å². The van der Waals surface area contributed by atoms with E-state index in [-0.39, 0.29) is 17.9 Å². The number of methoxy groups -OCH3 is 1. The number of thiophene rings is 1. The van der Waals surface area contributed by atoms with Gasteiger partial charge in [0.1, 0.15) is 0 Å². The van der Waals surface area contributed by atoms with Gasteiger partial charge in [0.15, 0.2) is 5.65 Å². The van der Waals surface area contributed by atoms with Crippen molar-refractivity contribution < 1.29 is 14.3 Å². The molecule has 8 heteroatoms. The molecule has 4 aromatic rings. The van der Waals surface area contributed by atoms with Gasteiger partial charge in [0.25, 0.3) is 5.91 Å². The van der Waals surface area contributed by atoms with E-state index in [1.807, 2.05) is 22.9 Å². The molecular formula is C26H26N4O3S. The van der Waals surface area contributed by atoms with Gasteiger partial charge in [-0.2, -0.15) is 5.10 Å². The van der Waals surface area contributed by atoms with Gasteiger partial charge in [-0.1, -0.05) is 0 Å². The van der Waals surface area contributed by atoms with Crippen LogP contribution in [0.25, 0.3) is 22.3 Å². The highest BCUT2D eigenvalue weighted by molar-refractivity contribution is 7.12. The number of nitrogens with zero attached hydrogens (tertiary/aromatic N) is 4. The highest BCUT2D eigenvalue weighted by atomic mass is 32.1. The highest BCUT2D eigenvalue weighted by Gasteiger charge is 2.29. The maximum Gasteiger partial charge on any atom is 0.337 e. The maximum atomic E-state index is 13.9. The van der Waals surface area contributed by atoms with Crippen LogP contribution in [0, 0.1) is 13.8 Å². The minimum atomic E-state index is -0.379. The van der Waals surface area contributed by atoms with E-state index in [1.54, 1.807) is 28.5 Å².